The largest absolute Gasteiger partial charge is 0.503 e. The van der Waals surface area contributed by atoms with E-state index in [0.29, 0.717) is 24.5 Å². The zero-order chi connectivity index (χ0) is 37.1. The number of anilines is 1. The number of imide groups is 1. The van der Waals surface area contributed by atoms with Crippen molar-refractivity contribution in [1.82, 2.24) is 33.5 Å². The Morgan fingerprint density at radius 1 is 1.22 bits per heavy atom. The van der Waals surface area contributed by atoms with Crippen molar-refractivity contribution in [3.05, 3.63) is 44.0 Å². The summed E-state index contributed by atoms with van der Waals surface area (Å²) in [5, 5.41) is 28.0. The molecule has 4 rings (SSSR count). The van der Waals surface area contributed by atoms with Crippen LogP contribution in [0, 0.1) is 5.92 Å². The summed E-state index contributed by atoms with van der Waals surface area (Å²) in [4.78, 5) is 90.2. The van der Waals surface area contributed by atoms with Gasteiger partial charge in [-0.1, -0.05) is 19.0 Å². The van der Waals surface area contributed by atoms with Gasteiger partial charge in [-0.25, -0.2) is 23.0 Å². The number of likely N-dealkylation sites (tertiary alicyclic amines) is 1. The van der Waals surface area contributed by atoms with Crippen LogP contribution < -0.4 is 16.9 Å². The van der Waals surface area contributed by atoms with Crippen molar-refractivity contribution < 1.29 is 42.6 Å². The molecule has 3 aromatic rings. The SMILES string of the molecule is CCN(CC)CCn1c(-c2cc(=O)c(O)c[nH]2)nn(S(=O)(=O)CC(=O)N2C[C@H](CC(=O)/C(=N\OC(C)(C)C(=O)O)c3csc(N)n3)C2=O)c1=O. The number of nitrogens with one attached hydrogen (secondary N) is 1. The van der Waals surface area contributed by atoms with Gasteiger partial charge in [-0.15, -0.1) is 20.5 Å². The van der Waals surface area contributed by atoms with Gasteiger partial charge in [0.2, 0.25) is 22.8 Å². The minimum Gasteiger partial charge on any atom is -0.503 e. The second-order valence-electron chi connectivity index (χ2n) is 11.6. The number of aromatic hydroxyl groups is 1. The number of pyridine rings is 1. The number of nitrogen functional groups attached to an aromatic ring is 1. The molecule has 0 saturated carbocycles. The first-order chi connectivity index (χ1) is 23.4. The number of Topliss-reactive ketones (excluding diaryl/α,β-unsaturated/α-hetero) is 1. The van der Waals surface area contributed by atoms with Crippen LogP contribution in [0.25, 0.3) is 11.5 Å². The molecule has 20 nitrogen and oxygen atoms in total. The number of β-lactam (4-membered cyclic amide) rings is 1. The number of carboxylic acids is 1. The molecule has 270 valence electrons. The van der Waals surface area contributed by atoms with E-state index >= 15 is 0 Å². The molecule has 0 aliphatic carbocycles. The highest BCUT2D eigenvalue weighted by Crippen LogP contribution is 2.24. The van der Waals surface area contributed by atoms with Gasteiger partial charge in [0, 0.05) is 43.7 Å². The molecule has 1 aliphatic rings. The Morgan fingerprint density at radius 3 is 2.46 bits per heavy atom. The van der Waals surface area contributed by atoms with E-state index in [2.05, 4.69) is 20.2 Å². The second-order valence-corrected chi connectivity index (χ2v) is 14.3. The normalized spacial score (nSPS) is 15.3. The summed E-state index contributed by atoms with van der Waals surface area (Å²) in [6, 6.07) is 0.936. The van der Waals surface area contributed by atoms with E-state index in [9.17, 15) is 47.4 Å². The number of aromatic amines is 1. The van der Waals surface area contributed by atoms with E-state index in [1.54, 1.807) is 0 Å². The monoisotopic (exact) mass is 737 g/mol. The Hall–Kier alpha value is -5.22. The Kier molecular flexibility index (Phi) is 11.1. The molecule has 1 saturated heterocycles. The number of hydrogen-bond donors (Lipinski definition) is 4. The van der Waals surface area contributed by atoms with Crippen LogP contribution in [-0.2, 0) is 40.6 Å². The Morgan fingerprint density at radius 2 is 1.90 bits per heavy atom. The molecule has 5 N–H and O–H groups in total. The lowest BCUT2D eigenvalue weighted by Crippen LogP contribution is -2.57. The zero-order valence-corrected chi connectivity index (χ0v) is 29.0. The standard InChI is InChI=1S/C28H35N9O11S2/c1-5-34(6-2)7-8-35-23(16-10-18(38)20(40)11-30-16)32-37(27(35)45)50(46,47)14-21(41)36-12-15(24(36)42)9-19(39)22(17-13-49-26(29)31-17)33-48-28(3,4)25(43)44/h10-11,13,15,40H,5-9,12,14H2,1-4H3,(H2,29,31)(H,30,38)(H,43,44)/b33-22-/t15-/m0/s1. The number of aromatic nitrogens is 5. The quantitative estimate of drug-likeness (QED) is 0.0771. The summed E-state index contributed by atoms with van der Waals surface area (Å²) in [6.07, 6.45) is 0.447. The van der Waals surface area contributed by atoms with Gasteiger partial charge in [-0.2, -0.15) is 0 Å². The number of carbonyl (C=O) groups is 4. The van der Waals surface area contributed by atoms with Crippen LogP contribution in [0.2, 0.25) is 0 Å². The van der Waals surface area contributed by atoms with Crippen LogP contribution in [0.3, 0.4) is 0 Å². The molecular weight excluding hydrogens is 702 g/mol. The third kappa shape index (κ3) is 7.97. The minimum absolute atomic E-state index is 0.0257. The third-order valence-corrected chi connectivity index (χ3v) is 9.78. The number of hydrogen-bond acceptors (Lipinski definition) is 16. The number of rotatable bonds is 16. The van der Waals surface area contributed by atoms with Gasteiger partial charge in [-0.3, -0.25) is 28.6 Å². The first-order valence-electron chi connectivity index (χ1n) is 15.1. The fourth-order valence-electron chi connectivity index (χ4n) is 4.66. The third-order valence-electron chi connectivity index (χ3n) is 7.73. The Bertz CT molecular complexity index is 2070. The molecule has 4 heterocycles. The molecule has 22 heteroatoms. The van der Waals surface area contributed by atoms with E-state index < -0.39 is 79.9 Å². The first-order valence-corrected chi connectivity index (χ1v) is 17.5. The number of ketones is 1. The predicted molar refractivity (Wildman–Crippen MR) is 177 cm³/mol. The maximum atomic E-state index is 13.4. The molecule has 0 radical (unpaired) electrons. The summed E-state index contributed by atoms with van der Waals surface area (Å²) >= 11 is 0.972. The lowest BCUT2D eigenvalue weighted by Gasteiger charge is -2.36. The van der Waals surface area contributed by atoms with Gasteiger partial charge in [0.15, 0.2) is 34.0 Å². The number of oxime groups is 1. The number of carboxylic acid groups (broad SMARTS) is 1. The molecular formula is C28H35N9O11S2. The molecule has 3 aromatic heterocycles. The molecule has 1 aliphatic heterocycles. The molecule has 50 heavy (non-hydrogen) atoms. The fourth-order valence-corrected chi connectivity index (χ4v) is 6.33. The van der Waals surface area contributed by atoms with Gasteiger partial charge in [0.05, 0.1) is 11.6 Å². The van der Waals surface area contributed by atoms with Gasteiger partial charge >= 0.3 is 11.7 Å². The van der Waals surface area contributed by atoms with Crippen molar-refractivity contribution in [2.75, 3.05) is 37.7 Å². The molecule has 0 bridgehead atoms. The van der Waals surface area contributed by atoms with Crippen LogP contribution in [0.4, 0.5) is 5.13 Å². The van der Waals surface area contributed by atoms with Crippen LogP contribution in [-0.4, -0.2) is 119 Å². The summed E-state index contributed by atoms with van der Waals surface area (Å²) in [7, 11) is -4.82. The topological polar surface area (TPSA) is 283 Å². The van der Waals surface area contributed by atoms with E-state index in [1.807, 2.05) is 18.7 Å². The number of aliphatic carboxylic acids is 1. The average molecular weight is 738 g/mol. The smallest absolute Gasteiger partial charge is 0.360 e. The van der Waals surface area contributed by atoms with Gasteiger partial charge in [0.1, 0.15) is 5.69 Å². The van der Waals surface area contributed by atoms with Crippen molar-refractivity contribution in [3.63, 3.8) is 0 Å². The van der Waals surface area contributed by atoms with E-state index in [0.717, 1.165) is 28.2 Å². The maximum absolute atomic E-state index is 13.4. The molecule has 0 spiro atoms. The Labute approximate surface area is 287 Å². The van der Waals surface area contributed by atoms with Gasteiger partial charge < -0.3 is 30.7 Å². The molecule has 0 unspecified atom stereocenters. The van der Waals surface area contributed by atoms with Crippen molar-refractivity contribution in [3.8, 4) is 17.3 Å². The fraction of sp³-hybridized carbons (Fsp3) is 0.464. The number of H-pyrrole nitrogens is 1. The van der Waals surface area contributed by atoms with Gasteiger partial charge in [-0.05, 0) is 26.9 Å². The number of carbonyl (C=O) groups excluding carboxylic acids is 3. The summed E-state index contributed by atoms with van der Waals surface area (Å²) in [5.74, 6) is -7.47. The van der Waals surface area contributed by atoms with Crippen LogP contribution in [0.1, 0.15) is 39.8 Å². The lowest BCUT2D eigenvalue weighted by atomic mass is 9.91. The minimum atomic E-state index is -4.82. The second kappa shape index (κ2) is 14.7. The zero-order valence-electron chi connectivity index (χ0n) is 27.4. The summed E-state index contributed by atoms with van der Waals surface area (Å²) in [6.45, 7) is 7.34. The Balaban J connectivity index is 1.52. The van der Waals surface area contributed by atoms with Crippen molar-refractivity contribution in [2.45, 2.75) is 46.3 Å². The average Bonchev–Trinajstić information content (AvgIpc) is 3.63. The summed E-state index contributed by atoms with van der Waals surface area (Å²) < 4.78 is 27.8. The highest BCUT2D eigenvalue weighted by molar-refractivity contribution is 7.90. The number of nitrogens with zero attached hydrogens (tertiary/aromatic N) is 7. The van der Waals surface area contributed by atoms with Gasteiger partial charge in [0.25, 0.3) is 10.0 Å². The highest BCUT2D eigenvalue weighted by atomic mass is 32.2. The van der Waals surface area contributed by atoms with Crippen molar-refractivity contribution >= 4 is 55.8 Å². The maximum Gasteiger partial charge on any atom is 0.360 e. The van der Waals surface area contributed by atoms with E-state index in [-0.39, 0.29) is 39.5 Å². The van der Waals surface area contributed by atoms with Crippen LogP contribution in [0.15, 0.2) is 32.4 Å². The number of likely N-dealkylation sites (N-methyl/N-ethyl adjacent to an activating group) is 1. The number of amides is 2. The van der Waals surface area contributed by atoms with Crippen molar-refractivity contribution in [2.24, 2.45) is 11.1 Å². The highest BCUT2D eigenvalue weighted by Gasteiger charge is 2.44. The lowest BCUT2D eigenvalue weighted by molar-refractivity contribution is -0.161. The number of thiazole rings is 1. The molecule has 0 aromatic carbocycles. The summed E-state index contributed by atoms with van der Waals surface area (Å²) in [5.41, 5.74) is 1.38. The van der Waals surface area contributed by atoms with E-state index in [4.69, 9.17) is 10.6 Å². The molecule has 2 amide bonds. The van der Waals surface area contributed by atoms with Crippen LogP contribution in [0.5, 0.6) is 5.75 Å². The van der Waals surface area contributed by atoms with Crippen LogP contribution >= 0.6 is 11.3 Å². The molecule has 1 atom stereocenters. The predicted octanol–water partition coefficient (Wildman–Crippen LogP) is -1.11. The number of nitrogens with two attached hydrogens (primary N) is 1. The van der Waals surface area contributed by atoms with Crippen molar-refractivity contribution in [1.29, 1.82) is 0 Å². The first kappa shape index (κ1) is 37.6. The van der Waals surface area contributed by atoms with E-state index in [1.165, 1.54) is 19.2 Å². The molecule has 1 fully saturated rings.